The van der Waals surface area contributed by atoms with E-state index in [4.69, 9.17) is 55.4 Å². The Kier molecular flexibility index (Phi) is 7.95. The molecule has 0 unspecified atom stereocenters. The van der Waals surface area contributed by atoms with E-state index < -0.39 is 12.7 Å². The summed E-state index contributed by atoms with van der Waals surface area (Å²) < 4.78 is 0. The largest absolute Gasteiger partial charge is 0.440 e. The van der Waals surface area contributed by atoms with Crippen LogP contribution in [-0.2, 0) is 0 Å². The van der Waals surface area contributed by atoms with E-state index in [9.17, 15) is 0 Å². The van der Waals surface area contributed by atoms with Gasteiger partial charge in [-0.3, -0.25) is 0 Å². The normalized spacial score (nSPS) is 12.0. The standard InChI is InChI=1S/C3H9ClSi.Cl4Si/c2*1-5(2,3)4/h1-3H3;. The van der Waals surface area contributed by atoms with Crippen molar-refractivity contribution < 1.29 is 0 Å². The molecular formula is C3H9Cl5Si2. The van der Waals surface area contributed by atoms with Gasteiger partial charge >= 0.3 is 5.31 Å². The maximum Gasteiger partial charge on any atom is 0.440 e. The van der Waals surface area contributed by atoms with Crippen molar-refractivity contribution in [1.82, 2.24) is 0 Å². The summed E-state index contributed by atoms with van der Waals surface area (Å²) in [7, 11) is -1.14. The molecule has 0 nitrogen and oxygen atoms in total. The van der Waals surface area contributed by atoms with Gasteiger partial charge in [-0.15, -0.1) is 44.3 Å². The van der Waals surface area contributed by atoms with Gasteiger partial charge in [0.15, 0.2) is 0 Å². The fourth-order valence-corrected chi connectivity index (χ4v) is 0. The minimum Gasteiger partial charge on any atom is -0.168 e. The van der Waals surface area contributed by atoms with Crippen molar-refractivity contribution in [3.05, 3.63) is 0 Å². The molecule has 0 bridgehead atoms. The molecule has 0 aromatic rings. The maximum atomic E-state index is 5.67. The number of hydrogen-bond acceptors (Lipinski definition) is 0. The summed E-state index contributed by atoms with van der Waals surface area (Å²) in [4.78, 5) is 0. The van der Waals surface area contributed by atoms with Gasteiger partial charge in [-0.05, 0) is 0 Å². The first kappa shape index (κ1) is 14.4. The molecule has 0 saturated carbocycles. The monoisotopic (exact) mass is 276 g/mol. The molecule has 0 spiro atoms. The molecule has 0 saturated heterocycles. The summed E-state index contributed by atoms with van der Waals surface area (Å²) in [5.41, 5.74) is 0. The average molecular weight is 279 g/mol. The fraction of sp³-hybridized carbons (Fsp3) is 1.00. The van der Waals surface area contributed by atoms with Gasteiger partial charge in [-0.2, -0.15) is 11.1 Å². The van der Waals surface area contributed by atoms with Crippen molar-refractivity contribution in [2.24, 2.45) is 0 Å². The van der Waals surface area contributed by atoms with Crippen LogP contribution in [0.3, 0.4) is 0 Å². The predicted octanol–water partition coefficient (Wildman–Crippen LogP) is 4.44. The number of halogens is 5. The first-order valence-electron chi connectivity index (χ1n) is 2.44. The highest BCUT2D eigenvalue weighted by atomic mass is 36.0. The van der Waals surface area contributed by atoms with Crippen molar-refractivity contribution >= 4 is 68.1 Å². The van der Waals surface area contributed by atoms with Crippen LogP contribution in [0.1, 0.15) is 0 Å². The highest BCUT2D eigenvalue weighted by Crippen LogP contribution is 2.23. The summed E-state index contributed by atoms with van der Waals surface area (Å²) in [6.45, 7) is 6.28. The van der Waals surface area contributed by atoms with Crippen LogP contribution in [0, 0.1) is 0 Å². The smallest absolute Gasteiger partial charge is 0.168 e. The molecule has 7 heteroatoms. The Morgan fingerprint density at radius 2 is 0.700 bits per heavy atom. The zero-order valence-electron chi connectivity index (χ0n) is 5.89. The van der Waals surface area contributed by atoms with E-state index in [-0.39, 0.29) is 0 Å². The van der Waals surface area contributed by atoms with E-state index in [2.05, 4.69) is 19.6 Å². The topological polar surface area (TPSA) is 0 Å². The Hall–Kier alpha value is 1.88. The molecule has 0 aromatic carbocycles. The van der Waals surface area contributed by atoms with Gasteiger partial charge < -0.3 is 0 Å². The highest BCUT2D eigenvalue weighted by molar-refractivity contribution is 7.81. The molecule has 0 aliphatic heterocycles. The summed E-state index contributed by atoms with van der Waals surface area (Å²) in [6, 6.07) is 0. The van der Waals surface area contributed by atoms with Crippen molar-refractivity contribution in [2.45, 2.75) is 19.6 Å². The van der Waals surface area contributed by atoms with Crippen LogP contribution >= 0.6 is 55.4 Å². The van der Waals surface area contributed by atoms with Gasteiger partial charge in [0.1, 0.15) is 7.38 Å². The summed E-state index contributed by atoms with van der Waals surface area (Å²) in [5.74, 6) is 0. The second-order valence-electron chi connectivity index (χ2n) is 2.50. The average Bonchev–Trinajstić information content (AvgIpc) is 1.12. The Labute approximate surface area is 87.3 Å². The van der Waals surface area contributed by atoms with Crippen LogP contribution in [0.5, 0.6) is 0 Å². The lowest BCUT2D eigenvalue weighted by molar-refractivity contribution is 1.87. The first-order valence-corrected chi connectivity index (χ1v) is 13.0. The van der Waals surface area contributed by atoms with Crippen molar-refractivity contribution in [1.29, 1.82) is 0 Å². The quantitative estimate of drug-likeness (QED) is 0.454. The van der Waals surface area contributed by atoms with E-state index in [1.807, 2.05) is 0 Å². The molecule has 10 heavy (non-hydrogen) atoms. The number of hydrogen-bond donors (Lipinski definition) is 0. The second-order valence-corrected chi connectivity index (χ2v) is 21.2. The van der Waals surface area contributed by atoms with Gasteiger partial charge in [-0.25, -0.2) is 0 Å². The Morgan fingerprint density at radius 3 is 0.700 bits per heavy atom. The molecule has 0 aliphatic rings. The second kappa shape index (κ2) is 5.52. The van der Waals surface area contributed by atoms with Crippen LogP contribution in [0.15, 0.2) is 0 Å². The zero-order valence-corrected chi connectivity index (χ0v) is 11.7. The van der Waals surface area contributed by atoms with Gasteiger partial charge in [0.05, 0.1) is 0 Å². The van der Waals surface area contributed by atoms with Crippen LogP contribution in [0.25, 0.3) is 0 Å². The minimum atomic E-state index is -2.72. The van der Waals surface area contributed by atoms with E-state index in [1.54, 1.807) is 0 Å². The van der Waals surface area contributed by atoms with Gasteiger partial charge in [0.2, 0.25) is 0 Å². The van der Waals surface area contributed by atoms with Gasteiger partial charge in [0.25, 0.3) is 0 Å². The molecule has 0 N–H and O–H groups in total. The number of rotatable bonds is 0. The third-order valence-corrected chi connectivity index (χ3v) is 0. The lowest BCUT2D eigenvalue weighted by atomic mass is 11.8. The molecule has 0 rings (SSSR count). The van der Waals surface area contributed by atoms with E-state index >= 15 is 0 Å². The molecule has 0 amide bonds. The minimum absolute atomic E-state index is 1.14. The van der Waals surface area contributed by atoms with E-state index in [0.717, 1.165) is 0 Å². The SMILES string of the molecule is C[Si](C)(C)Cl.Cl[Si](Cl)(Cl)Cl. The zero-order chi connectivity index (χ0) is 9.00. The highest BCUT2D eigenvalue weighted by Gasteiger charge is 2.19. The predicted molar refractivity (Wildman–Crippen MR) is 58.4 cm³/mol. The molecule has 0 radical (unpaired) electrons. The van der Waals surface area contributed by atoms with Crippen LogP contribution < -0.4 is 0 Å². The molecule has 0 aliphatic carbocycles. The van der Waals surface area contributed by atoms with Crippen molar-refractivity contribution in [3.8, 4) is 0 Å². The van der Waals surface area contributed by atoms with E-state index in [1.165, 1.54) is 0 Å². The Balaban J connectivity index is 0. The summed E-state index contributed by atoms with van der Waals surface area (Å²) in [5, 5.41) is -2.72. The van der Waals surface area contributed by atoms with E-state index in [0.29, 0.717) is 0 Å². The van der Waals surface area contributed by atoms with Crippen LogP contribution in [0.4, 0.5) is 0 Å². The lowest BCUT2D eigenvalue weighted by Gasteiger charge is -1.97. The maximum absolute atomic E-state index is 5.67. The van der Waals surface area contributed by atoms with Gasteiger partial charge in [-0.1, -0.05) is 19.6 Å². The molecule has 64 valence electrons. The Bertz CT molecular complexity index is 57.9. The van der Waals surface area contributed by atoms with Gasteiger partial charge in [0, 0.05) is 0 Å². The first-order chi connectivity index (χ1) is 4.00. The molecular weight excluding hydrogens is 269 g/mol. The van der Waals surface area contributed by atoms with Crippen LogP contribution in [0.2, 0.25) is 19.6 Å². The third kappa shape index (κ3) is 220. The molecule has 0 fully saturated rings. The van der Waals surface area contributed by atoms with Crippen molar-refractivity contribution in [2.75, 3.05) is 0 Å². The summed E-state index contributed by atoms with van der Waals surface area (Å²) in [6.07, 6.45) is 0. The van der Waals surface area contributed by atoms with Crippen LogP contribution in [-0.4, -0.2) is 12.7 Å². The van der Waals surface area contributed by atoms with Crippen molar-refractivity contribution in [3.63, 3.8) is 0 Å². The third-order valence-electron chi connectivity index (χ3n) is 0. The molecule has 0 heterocycles. The molecule has 0 aromatic heterocycles. The Morgan fingerprint density at radius 1 is 0.700 bits per heavy atom. The summed E-state index contributed by atoms with van der Waals surface area (Å²) >= 11 is 25.5. The molecule has 0 atom stereocenters. The fourth-order valence-electron chi connectivity index (χ4n) is 0. The lowest BCUT2D eigenvalue weighted by Crippen LogP contribution is -2.06.